The summed E-state index contributed by atoms with van der Waals surface area (Å²) in [7, 11) is 2.85. The van der Waals surface area contributed by atoms with Gasteiger partial charge in [-0.1, -0.05) is 12.1 Å². The van der Waals surface area contributed by atoms with Gasteiger partial charge in [0.05, 0.1) is 38.3 Å². The summed E-state index contributed by atoms with van der Waals surface area (Å²) >= 11 is 0. The highest BCUT2D eigenvalue weighted by molar-refractivity contribution is 6.00. The van der Waals surface area contributed by atoms with Crippen molar-refractivity contribution in [1.29, 1.82) is 0 Å². The highest BCUT2D eigenvalue weighted by Crippen LogP contribution is 2.24. The van der Waals surface area contributed by atoms with Crippen LogP contribution in [0.25, 0.3) is 11.0 Å². The number of hydrogen-bond donors (Lipinski definition) is 2. The van der Waals surface area contributed by atoms with E-state index in [-0.39, 0.29) is 33.5 Å². The predicted molar refractivity (Wildman–Crippen MR) is 233 cm³/mol. The number of aromatic nitrogens is 2. The topological polar surface area (TPSA) is 144 Å². The second-order valence-electron chi connectivity index (χ2n) is 14.9. The number of para-hydroxylation sites is 2. The lowest BCUT2D eigenvalue weighted by atomic mass is 10.0. The Balaban J connectivity index is 1.28. The minimum absolute atomic E-state index is 0.0167. The molecule has 19 heteroatoms. The molecule has 6 aromatic rings. The molecule has 0 spiro atoms. The monoisotopic (exact) mass is 918 g/mol. The van der Waals surface area contributed by atoms with Gasteiger partial charge in [-0.15, -0.1) is 0 Å². The van der Waals surface area contributed by atoms with Crippen LogP contribution in [-0.4, -0.2) is 85.5 Å². The van der Waals surface area contributed by atoms with Crippen LogP contribution >= 0.6 is 0 Å². The summed E-state index contributed by atoms with van der Waals surface area (Å²) in [5.41, 5.74) is -0.147. The second kappa shape index (κ2) is 21.9. The average molecular weight is 919 g/mol. The van der Waals surface area contributed by atoms with E-state index in [1.165, 1.54) is 74.9 Å². The van der Waals surface area contributed by atoms with Crippen molar-refractivity contribution in [1.82, 2.24) is 19.8 Å². The Morgan fingerprint density at radius 2 is 0.909 bits per heavy atom. The van der Waals surface area contributed by atoms with Gasteiger partial charge < -0.3 is 29.9 Å². The summed E-state index contributed by atoms with van der Waals surface area (Å²) in [5, 5.41) is 5.07. The average Bonchev–Trinajstić information content (AvgIpc) is 3.54. The largest absolute Gasteiger partial charge is 0.497 e. The summed E-state index contributed by atoms with van der Waals surface area (Å²) in [6, 6.07) is 20.2. The second-order valence-corrected chi connectivity index (χ2v) is 14.9. The first-order chi connectivity index (χ1) is 31.7. The number of imidazole rings is 1. The van der Waals surface area contributed by atoms with E-state index in [1.807, 2.05) is 0 Å². The van der Waals surface area contributed by atoms with Gasteiger partial charge >= 0.3 is 5.69 Å². The Kier molecular flexibility index (Phi) is 15.9. The Labute approximate surface area is 374 Å². The molecule has 0 bridgehead atoms. The number of alkyl halides is 2. The number of anilines is 2. The summed E-state index contributed by atoms with van der Waals surface area (Å²) in [6.45, 7) is -4.38. The molecule has 1 heterocycles. The summed E-state index contributed by atoms with van der Waals surface area (Å²) in [4.78, 5) is 72.3. The zero-order valence-electron chi connectivity index (χ0n) is 35.6. The maximum atomic E-state index is 14.3. The fourth-order valence-corrected chi connectivity index (χ4v) is 7.48. The maximum absolute atomic E-state index is 14.3. The molecular weight excluding hydrogens is 875 g/mol. The van der Waals surface area contributed by atoms with Crippen LogP contribution in [-0.2, 0) is 45.1 Å². The number of amides is 4. The van der Waals surface area contributed by atoms with E-state index < -0.39 is 117 Å². The van der Waals surface area contributed by atoms with Gasteiger partial charge in [0.25, 0.3) is 0 Å². The van der Waals surface area contributed by atoms with E-state index in [0.717, 1.165) is 43.2 Å². The molecule has 13 nitrogen and oxygen atoms in total. The van der Waals surface area contributed by atoms with Crippen molar-refractivity contribution in [3.05, 3.63) is 154 Å². The Bertz CT molecular complexity index is 2530. The third-order valence-electron chi connectivity index (χ3n) is 10.4. The summed E-state index contributed by atoms with van der Waals surface area (Å²) in [5.74, 6) is -6.45. The highest BCUT2D eigenvalue weighted by Gasteiger charge is 2.31. The standard InChI is InChI=1S/C47H44F6N6O7/c1-65-37-11-7-35(8-12-37)56(17-15-48)45(62)39(23-29-19-31(50)25-32(51)20-29)54-43(60)27-58-41-5-3-4-6-42(41)59(47(58)64)28-44(61)55-40(24-30-21-33(52)26-34(53)22-30)46(63)57(18-16-49)36-9-13-38(66-2)14-10-36/h3-14,19-22,25-26,39-40H,15-18,23-24,27-28H2,1-2H3,(H,54,60)(H,55,61)/t39-,40?/m0/s1. The lowest BCUT2D eigenvalue weighted by Gasteiger charge is -2.28. The lowest BCUT2D eigenvalue weighted by molar-refractivity contribution is -0.128. The minimum atomic E-state index is -1.54. The molecule has 0 fully saturated rings. The molecule has 346 valence electrons. The minimum Gasteiger partial charge on any atom is -0.497 e. The first-order valence-electron chi connectivity index (χ1n) is 20.4. The summed E-state index contributed by atoms with van der Waals surface area (Å²) < 4.78 is 97.5. The SMILES string of the molecule is COc1ccc(N(CCF)C(=O)C(Cc2cc(F)cc(F)c2)NC(=O)Cn2c(=O)n(CC(=O)N[C@@H](Cc3cc(F)cc(F)c3)C(=O)N(CCF)c3ccc(OC)cc3)c3ccccc32)cc1. The van der Waals surface area contributed by atoms with Crippen molar-refractivity contribution in [2.45, 2.75) is 38.0 Å². The Morgan fingerprint density at radius 1 is 0.561 bits per heavy atom. The number of hydrogen-bond acceptors (Lipinski definition) is 7. The molecule has 0 aliphatic heterocycles. The molecule has 1 aromatic heterocycles. The zero-order valence-corrected chi connectivity index (χ0v) is 35.6. The van der Waals surface area contributed by atoms with Gasteiger partial charge in [-0.2, -0.15) is 0 Å². The van der Waals surface area contributed by atoms with Crippen LogP contribution in [0.3, 0.4) is 0 Å². The first kappa shape index (κ1) is 47.9. The van der Waals surface area contributed by atoms with E-state index in [2.05, 4.69) is 10.6 Å². The van der Waals surface area contributed by atoms with Crippen LogP contribution in [0, 0.1) is 23.3 Å². The number of halogens is 6. The van der Waals surface area contributed by atoms with Crippen molar-refractivity contribution in [3.63, 3.8) is 0 Å². The van der Waals surface area contributed by atoms with Crippen molar-refractivity contribution < 1.29 is 55.0 Å². The van der Waals surface area contributed by atoms with Crippen molar-refractivity contribution in [2.24, 2.45) is 0 Å². The number of nitrogens with zero attached hydrogens (tertiary/aromatic N) is 4. The molecule has 0 saturated carbocycles. The number of methoxy groups -OCH3 is 2. The third-order valence-corrected chi connectivity index (χ3v) is 10.4. The van der Waals surface area contributed by atoms with Crippen LogP contribution in [0.1, 0.15) is 11.1 Å². The van der Waals surface area contributed by atoms with Crippen molar-refractivity contribution in [3.8, 4) is 11.5 Å². The van der Waals surface area contributed by atoms with Gasteiger partial charge in [0.15, 0.2) is 0 Å². The van der Waals surface area contributed by atoms with Gasteiger partial charge in [0.1, 0.15) is 73.3 Å². The first-order valence-corrected chi connectivity index (χ1v) is 20.4. The number of fused-ring (bicyclic) bond motifs is 1. The third kappa shape index (κ3) is 11.8. The molecule has 0 aliphatic rings. The normalized spacial score (nSPS) is 12.0. The molecule has 66 heavy (non-hydrogen) atoms. The number of rotatable bonds is 20. The fourth-order valence-electron chi connectivity index (χ4n) is 7.48. The molecule has 0 saturated heterocycles. The van der Waals surface area contributed by atoms with Crippen LogP contribution in [0.2, 0.25) is 0 Å². The van der Waals surface area contributed by atoms with Crippen LogP contribution in [0.15, 0.2) is 114 Å². The maximum Gasteiger partial charge on any atom is 0.330 e. The fraction of sp³-hybridized carbons (Fsp3) is 0.255. The molecule has 6 rings (SSSR count). The van der Waals surface area contributed by atoms with E-state index in [0.29, 0.717) is 23.6 Å². The smallest absolute Gasteiger partial charge is 0.330 e. The Morgan fingerprint density at radius 3 is 1.23 bits per heavy atom. The van der Waals surface area contributed by atoms with Crippen LogP contribution in [0.4, 0.5) is 37.7 Å². The molecule has 2 atom stereocenters. The van der Waals surface area contributed by atoms with Gasteiger partial charge in [0, 0.05) is 36.3 Å². The molecule has 5 aromatic carbocycles. The molecule has 0 radical (unpaired) electrons. The lowest BCUT2D eigenvalue weighted by Crippen LogP contribution is -2.52. The number of benzene rings is 5. The number of carbonyl (C=O) groups excluding carboxylic acids is 4. The number of nitrogens with one attached hydrogen (secondary N) is 2. The van der Waals surface area contributed by atoms with Gasteiger partial charge in [-0.25, -0.2) is 31.1 Å². The molecule has 4 amide bonds. The van der Waals surface area contributed by atoms with E-state index in [9.17, 15) is 50.3 Å². The van der Waals surface area contributed by atoms with Gasteiger partial charge in [-0.3, -0.25) is 28.3 Å². The van der Waals surface area contributed by atoms with Crippen molar-refractivity contribution in [2.75, 3.05) is 50.5 Å². The van der Waals surface area contributed by atoms with Crippen LogP contribution < -0.4 is 35.6 Å². The Hall–Kier alpha value is -7.57. The predicted octanol–water partition coefficient (Wildman–Crippen LogP) is 5.84. The highest BCUT2D eigenvalue weighted by atomic mass is 19.2. The molecular formula is C47H44F6N6O7. The van der Waals surface area contributed by atoms with Gasteiger partial charge in [0.2, 0.25) is 23.6 Å². The number of ether oxygens (including phenoxy) is 2. The molecule has 2 N–H and O–H groups in total. The molecule has 1 unspecified atom stereocenters. The van der Waals surface area contributed by atoms with Crippen LogP contribution in [0.5, 0.6) is 11.5 Å². The van der Waals surface area contributed by atoms with E-state index >= 15 is 0 Å². The van der Waals surface area contributed by atoms with Gasteiger partial charge in [-0.05, 0) is 96.1 Å². The molecule has 0 aliphatic carbocycles. The van der Waals surface area contributed by atoms with Crippen molar-refractivity contribution >= 4 is 46.0 Å². The number of carbonyl (C=O) groups is 4. The van der Waals surface area contributed by atoms with E-state index in [4.69, 9.17) is 9.47 Å². The van der Waals surface area contributed by atoms with E-state index in [1.54, 1.807) is 12.1 Å². The quantitative estimate of drug-likeness (QED) is 0.0918. The zero-order chi connectivity index (χ0) is 47.5. The summed E-state index contributed by atoms with van der Waals surface area (Å²) in [6.07, 6.45) is -0.892.